The Morgan fingerprint density at radius 3 is 2.33 bits per heavy atom. The molecule has 1 aromatic rings. The van der Waals surface area contributed by atoms with Crippen LogP contribution < -0.4 is 14.8 Å². The van der Waals surface area contributed by atoms with Crippen molar-refractivity contribution in [1.82, 2.24) is 5.32 Å². The lowest BCUT2D eigenvalue weighted by atomic mass is 10.00. The molecule has 1 unspecified atom stereocenters. The first-order chi connectivity index (χ1) is 15.7. The number of fused-ring (bicyclic) bond motifs is 1. The molecule has 184 valence electrons. The molecule has 1 amide bonds. The summed E-state index contributed by atoms with van der Waals surface area (Å²) >= 11 is 0. The highest BCUT2D eigenvalue weighted by atomic mass is 16.6. The van der Waals surface area contributed by atoms with Gasteiger partial charge in [0.2, 0.25) is 0 Å². The molecule has 1 heterocycles. The normalized spacial score (nSPS) is 15.5. The van der Waals surface area contributed by atoms with Crippen LogP contribution in [0.3, 0.4) is 0 Å². The minimum absolute atomic E-state index is 0.256. The predicted molar refractivity (Wildman–Crippen MR) is 140 cm³/mol. The van der Waals surface area contributed by atoms with Gasteiger partial charge < -0.3 is 14.8 Å². The minimum atomic E-state index is -0.450. The van der Waals surface area contributed by atoms with Crippen molar-refractivity contribution in [3.05, 3.63) is 58.2 Å². The van der Waals surface area contributed by atoms with E-state index >= 15 is 0 Å². The standard InChI is InChI=1S/C16H28.C13H17NO3/c1-6-9-15(4)12-8-13-16(5)11-7-10-14(2)3;1-8-6-11(17-13(15)14-3)7-10-5-4-9(2)16-12(8)10/h9-10,13H,6-8,11-12H2,1-5H3;6-7,9H,4-5H2,1-3H3,(H,14,15)/b15-9+,16-13+;. The number of hydrogen-bond donors (Lipinski definition) is 1. The Bertz CT molecular complexity index is 845. The third-order valence-electron chi connectivity index (χ3n) is 5.55. The van der Waals surface area contributed by atoms with Crippen molar-refractivity contribution in [2.24, 2.45) is 0 Å². The zero-order valence-electron chi connectivity index (χ0n) is 22.1. The maximum absolute atomic E-state index is 11.1. The average molecular weight is 456 g/mol. The molecule has 1 aromatic carbocycles. The van der Waals surface area contributed by atoms with Gasteiger partial charge in [0.25, 0.3) is 0 Å². The predicted octanol–water partition coefficient (Wildman–Crippen LogP) is 8.24. The van der Waals surface area contributed by atoms with Gasteiger partial charge in [-0.1, -0.05) is 41.9 Å². The van der Waals surface area contributed by atoms with E-state index in [9.17, 15) is 4.79 Å². The van der Waals surface area contributed by atoms with E-state index in [-0.39, 0.29) is 6.10 Å². The van der Waals surface area contributed by atoms with Crippen LogP contribution in [0.1, 0.15) is 91.2 Å². The maximum atomic E-state index is 11.1. The van der Waals surface area contributed by atoms with Crippen molar-refractivity contribution < 1.29 is 14.3 Å². The van der Waals surface area contributed by atoms with Crippen molar-refractivity contribution in [2.75, 3.05) is 7.05 Å². The number of aryl methyl sites for hydroxylation is 2. The molecular weight excluding hydrogens is 410 g/mol. The molecule has 1 aliphatic heterocycles. The van der Waals surface area contributed by atoms with Gasteiger partial charge in [-0.3, -0.25) is 0 Å². The number of hydrogen-bond acceptors (Lipinski definition) is 3. The van der Waals surface area contributed by atoms with E-state index < -0.39 is 6.09 Å². The van der Waals surface area contributed by atoms with Crippen molar-refractivity contribution in [3.63, 3.8) is 0 Å². The largest absolute Gasteiger partial charge is 0.490 e. The Labute approximate surface area is 202 Å². The van der Waals surface area contributed by atoms with Crippen LogP contribution in [0.2, 0.25) is 0 Å². The van der Waals surface area contributed by atoms with Crippen molar-refractivity contribution in [3.8, 4) is 11.5 Å². The molecule has 4 nitrogen and oxygen atoms in total. The number of nitrogens with one attached hydrogen (secondary N) is 1. The van der Waals surface area contributed by atoms with Gasteiger partial charge in [-0.2, -0.15) is 0 Å². The molecule has 0 aliphatic carbocycles. The molecular formula is C29H45NO3. The van der Waals surface area contributed by atoms with Gasteiger partial charge in [-0.25, -0.2) is 4.79 Å². The van der Waals surface area contributed by atoms with Gasteiger partial charge in [0.1, 0.15) is 11.5 Å². The Morgan fingerprint density at radius 2 is 1.73 bits per heavy atom. The molecule has 0 saturated heterocycles. The highest BCUT2D eigenvalue weighted by Gasteiger charge is 2.19. The molecule has 1 N–H and O–H groups in total. The lowest BCUT2D eigenvalue weighted by Crippen LogP contribution is -2.23. The second-order valence-corrected chi connectivity index (χ2v) is 9.20. The second-order valence-electron chi connectivity index (χ2n) is 9.20. The summed E-state index contributed by atoms with van der Waals surface area (Å²) in [4.78, 5) is 11.1. The summed E-state index contributed by atoms with van der Waals surface area (Å²) in [5.41, 5.74) is 6.60. The summed E-state index contributed by atoms with van der Waals surface area (Å²) in [6, 6.07) is 3.70. The zero-order chi connectivity index (χ0) is 24.8. The van der Waals surface area contributed by atoms with Gasteiger partial charge in [0.05, 0.1) is 6.10 Å². The fraction of sp³-hybridized carbons (Fsp3) is 0.552. The smallest absolute Gasteiger partial charge is 0.412 e. The summed E-state index contributed by atoms with van der Waals surface area (Å²) in [6.07, 6.45) is 14.8. The average Bonchev–Trinajstić information content (AvgIpc) is 2.74. The first-order valence-corrected chi connectivity index (χ1v) is 12.3. The van der Waals surface area contributed by atoms with Crippen molar-refractivity contribution in [2.45, 2.75) is 99.5 Å². The van der Waals surface area contributed by atoms with Crippen LogP contribution in [-0.2, 0) is 6.42 Å². The van der Waals surface area contributed by atoms with E-state index in [4.69, 9.17) is 9.47 Å². The van der Waals surface area contributed by atoms with E-state index in [2.05, 4.69) is 65.1 Å². The molecule has 33 heavy (non-hydrogen) atoms. The molecule has 4 heteroatoms. The summed E-state index contributed by atoms with van der Waals surface area (Å²) in [5.74, 6) is 1.51. The fourth-order valence-electron chi connectivity index (χ4n) is 3.69. The molecule has 0 bridgehead atoms. The summed E-state index contributed by atoms with van der Waals surface area (Å²) in [5, 5.41) is 2.43. The Hall–Kier alpha value is -2.49. The van der Waals surface area contributed by atoms with Gasteiger partial charge in [0, 0.05) is 7.05 Å². The highest BCUT2D eigenvalue weighted by molar-refractivity contribution is 5.70. The lowest BCUT2D eigenvalue weighted by Gasteiger charge is -2.25. The molecule has 0 spiro atoms. The molecule has 0 radical (unpaired) electrons. The van der Waals surface area contributed by atoms with Crippen LogP contribution in [0.4, 0.5) is 4.79 Å². The lowest BCUT2D eigenvalue weighted by molar-refractivity contribution is 0.189. The number of ether oxygens (including phenoxy) is 2. The summed E-state index contributed by atoms with van der Waals surface area (Å²) < 4.78 is 10.9. The zero-order valence-corrected chi connectivity index (χ0v) is 22.1. The third-order valence-corrected chi connectivity index (χ3v) is 5.55. The van der Waals surface area contributed by atoms with Gasteiger partial charge in [-0.05, 0) is 110 Å². The molecule has 0 saturated carbocycles. The Morgan fingerprint density at radius 1 is 1.09 bits per heavy atom. The van der Waals surface area contributed by atoms with E-state index in [1.54, 1.807) is 7.05 Å². The highest BCUT2D eigenvalue weighted by Crippen LogP contribution is 2.34. The molecule has 0 aromatic heterocycles. The van der Waals surface area contributed by atoms with E-state index in [1.807, 2.05) is 19.1 Å². The van der Waals surface area contributed by atoms with Crippen LogP contribution in [0.5, 0.6) is 11.5 Å². The number of amides is 1. The maximum Gasteiger partial charge on any atom is 0.412 e. The SMILES string of the molecule is CC/C=C(\C)CC/C=C(\C)CCC=C(C)C.CNC(=O)Oc1cc(C)c2c(c1)CCC(C)O2. The van der Waals surface area contributed by atoms with Crippen LogP contribution in [0, 0.1) is 6.92 Å². The van der Waals surface area contributed by atoms with Crippen molar-refractivity contribution >= 4 is 6.09 Å². The van der Waals surface area contributed by atoms with Crippen LogP contribution in [0.15, 0.2) is 47.1 Å². The van der Waals surface area contributed by atoms with Gasteiger partial charge in [0.15, 0.2) is 0 Å². The number of carbonyl (C=O) groups excluding carboxylic acids is 1. The van der Waals surface area contributed by atoms with Gasteiger partial charge in [-0.15, -0.1) is 0 Å². The monoisotopic (exact) mass is 455 g/mol. The third kappa shape index (κ3) is 11.8. The number of allylic oxidation sites excluding steroid dienone is 6. The second kappa shape index (κ2) is 15.4. The number of carbonyl (C=O) groups is 1. The van der Waals surface area contributed by atoms with Crippen LogP contribution >= 0.6 is 0 Å². The number of rotatable bonds is 8. The number of benzene rings is 1. The first kappa shape index (κ1) is 28.5. The van der Waals surface area contributed by atoms with Gasteiger partial charge >= 0.3 is 6.09 Å². The summed E-state index contributed by atoms with van der Waals surface area (Å²) in [7, 11) is 1.54. The topological polar surface area (TPSA) is 47.6 Å². The quantitative estimate of drug-likeness (QED) is 0.401. The minimum Gasteiger partial charge on any atom is -0.490 e. The van der Waals surface area contributed by atoms with Crippen LogP contribution in [-0.4, -0.2) is 19.2 Å². The van der Waals surface area contributed by atoms with Crippen molar-refractivity contribution in [1.29, 1.82) is 0 Å². The van der Waals surface area contributed by atoms with Crippen LogP contribution in [0.25, 0.3) is 0 Å². The molecule has 0 fully saturated rings. The van der Waals surface area contributed by atoms with E-state index in [0.29, 0.717) is 5.75 Å². The molecule has 1 atom stereocenters. The Kier molecular flexibility index (Phi) is 13.3. The Balaban J connectivity index is 0.000000331. The summed E-state index contributed by atoms with van der Waals surface area (Å²) in [6.45, 7) is 15.0. The first-order valence-electron chi connectivity index (χ1n) is 12.3. The molecule has 1 aliphatic rings. The van der Waals surface area contributed by atoms with E-state index in [0.717, 1.165) is 36.1 Å². The van der Waals surface area contributed by atoms with E-state index in [1.165, 1.54) is 42.4 Å². The fourth-order valence-corrected chi connectivity index (χ4v) is 3.69. The molecule has 2 rings (SSSR count).